The Balaban J connectivity index is 1.72. The van der Waals surface area contributed by atoms with Crippen LogP contribution in [0.25, 0.3) is 5.82 Å². The Morgan fingerprint density at radius 3 is 2.34 bits per heavy atom. The van der Waals surface area contributed by atoms with Crippen molar-refractivity contribution in [2.45, 2.75) is 25.9 Å². The second-order valence-electron chi connectivity index (χ2n) is 8.38. The fourth-order valence-electron chi connectivity index (χ4n) is 4.84. The summed E-state index contributed by atoms with van der Waals surface area (Å²) in [7, 11) is 3.32. The highest BCUT2D eigenvalue weighted by Gasteiger charge is 2.43. The fraction of sp³-hybridized carbons (Fsp3) is 0.222. The molecule has 2 atom stereocenters. The van der Waals surface area contributed by atoms with Gasteiger partial charge in [0.2, 0.25) is 0 Å². The van der Waals surface area contributed by atoms with E-state index in [4.69, 9.17) is 21.7 Å². The standard InChI is InChI=1S/C27H27N5O2S/c1-17-15-20(18(2)31(17)24-10-6-8-14-29-24)26-25(21-9-5-7-13-28-21)30-27(35)32(26)22-16-19(33-3)11-12-23(22)34-4/h5-16,25-26H,1-4H3,(H,30,35). The van der Waals surface area contributed by atoms with Gasteiger partial charge in [-0.3, -0.25) is 4.98 Å². The zero-order valence-electron chi connectivity index (χ0n) is 20.1. The number of methoxy groups -OCH3 is 2. The van der Waals surface area contributed by atoms with Crippen molar-refractivity contribution in [3.05, 3.63) is 95.7 Å². The maximum atomic E-state index is 5.91. The van der Waals surface area contributed by atoms with Gasteiger partial charge < -0.3 is 24.3 Å². The Kier molecular flexibility index (Phi) is 6.13. The smallest absolute Gasteiger partial charge is 0.174 e. The number of pyridine rings is 2. The van der Waals surface area contributed by atoms with Crippen LogP contribution in [0.15, 0.2) is 73.1 Å². The number of aromatic nitrogens is 3. The third kappa shape index (κ3) is 4.00. The average Bonchev–Trinajstić information content (AvgIpc) is 3.39. The van der Waals surface area contributed by atoms with Gasteiger partial charge in [0.15, 0.2) is 5.11 Å². The second kappa shape index (κ2) is 9.38. The van der Waals surface area contributed by atoms with Crippen LogP contribution in [-0.2, 0) is 0 Å². The van der Waals surface area contributed by atoms with Crippen LogP contribution in [0.5, 0.6) is 11.5 Å². The predicted molar refractivity (Wildman–Crippen MR) is 141 cm³/mol. The second-order valence-corrected chi connectivity index (χ2v) is 8.77. The maximum absolute atomic E-state index is 5.91. The molecule has 1 aliphatic heterocycles. The van der Waals surface area contributed by atoms with Gasteiger partial charge in [-0.2, -0.15) is 0 Å². The van der Waals surface area contributed by atoms with Gasteiger partial charge in [0.1, 0.15) is 17.3 Å². The molecule has 1 fully saturated rings. The highest BCUT2D eigenvalue weighted by molar-refractivity contribution is 7.80. The molecule has 3 aromatic heterocycles. The van der Waals surface area contributed by atoms with Crippen LogP contribution in [0.1, 0.15) is 34.7 Å². The topological polar surface area (TPSA) is 64.4 Å². The maximum Gasteiger partial charge on any atom is 0.174 e. The highest BCUT2D eigenvalue weighted by Crippen LogP contribution is 2.46. The Bertz CT molecular complexity index is 1360. The summed E-state index contributed by atoms with van der Waals surface area (Å²) in [5, 5.41) is 4.12. The van der Waals surface area contributed by atoms with Gasteiger partial charge in [-0.1, -0.05) is 12.1 Å². The molecule has 0 bridgehead atoms. The van der Waals surface area contributed by atoms with E-state index >= 15 is 0 Å². The number of nitrogens with one attached hydrogen (secondary N) is 1. The molecule has 4 aromatic rings. The van der Waals surface area contributed by atoms with Gasteiger partial charge in [-0.15, -0.1) is 0 Å². The van der Waals surface area contributed by atoms with Gasteiger partial charge in [-0.05, 0) is 74.1 Å². The van der Waals surface area contributed by atoms with E-state index in [9.17, 15) is 0 Å². The van der Waals surface area contributed by atoms with Gasteiger partial charge in [0, 0.05) is 29.8 Å². The van der Waals surface area contributed by atoms with Crippen molar-refractivity contribution < 1.29 is 9.47 Å². The molecule has 35 heavy (non-hydrogen) atoms. The number of aryl methyl sites for hydroxylation is 1. The van der Waals surface area contributed by atoms with Gasteiger partial charge >= 0.3 is 0 Å². The molecular weight excluding hydrogens is 458 g/mol. The molecule has 7 nitrogen and oxygen atoms in total. The minimum absolute atomic E-state index is 0.169. The number of rotatable bonds is 6. The van der Waals surface area contributed by atoms with E-state index in [-0.39, 0.29) is 12.1 Å². The van der Waals surface area contributed by atoms with Gasteiger partial charge in [0.25, 0.3) is 0 Å². The zero-order valence-corrected chi connectivity index (χ0v) is 20.9. The average molecular weight is 486 g/mol. The molecule has 1 N–H and O–H groups in total. The molecule has 4 heterocycles. The van der Waals surface area contributed by atoms with Crippen molar-refractivity contribution >= 4 is 23.0 Å². The lowest BCUT2D eigenvalue weighted by Crippen LogP contribution is -2.30. The van der Waals surface area contributed by atoms with Crippen molar-refractivity contribution in [2.24, 2.45) is 0 Å². The largest absolute Gasteiger partial charge is 0.497 e. The van der Waals surface area contributed by atoms with E-state index in [1.54, 1.807) is 14.2 Å². The monoisotopic (exact) mass is 485 g/mol. The summed E-state index contributed by atoms with van der Waals surface area (Å²) in [5.41, 5.74) is 5.04. The molecule has 0 saturated carbocycles. The number of ether oxygens (including phenoxy) is 2. The molecule has 5 rings (SSSR count). The Morgan fingerprint density at radius 1 is 0.914 bits per heavy atom. The van der Waals surface area contributed by atoms with Crippen LogP contribution in [0.4, 0.5) is 5.69 Å². The van der Waals surface area contributed by atoms with Crippen LogP contribution in [0.3, 0.4) is 0 Å². The first-order valence-corrected chi connectivity index (χ1v) is 11.8. The van der Waals surface area contributed by atoms with Crippen molar-refractivity contribution in [1.82, 2.24) is 19.9 Å². The number of thiocarbonyl (C=S) groups is 1. The van der Waals surface area contributed by atoms with E-state index in [0.717, 1.165) is 39.9 Å². The van der Waals surface area contributed by atoms with Gasteiger partial charge in [0.05, 0.1) is 37.7 Å². The summed E-state index contributed by atoms with van der Waals surface area (Å²) in [6.07, 6.45) is 3.62. The number of hydrogen-bond acceptors (Lipinski definition) is 5. The molecule has 0 spiro atoms. The van der Waals surface area contributed by atoms with Crippen LogP contribution in [0, 0.1) is 13.8 Å². The number of benzene rings is 1. The molecule has 8 heteroatoms. The molecule has 2 unspecified atom stereocenters. The molecule has 0 radical (unpaired) electrons. The van der Waals surface area contributed by atoms with Crippen molar-refractivity contribution in [2.75, 3.05) is 19.1 Å². The Labute approximate surface area is 210 Å². The zero-order chi connectivity index (χ0) is 24.5. The minimum Gasteiger partial charge on any atom is -0.497 e. The number of hydrogen-bond donors (Lipinski definition) is 1. The molecule has 1 saturated heterocycles. The number of nitrogens with zero attached hydrogens (tertiary/aromatic N) is 4. The lowest BCUT2D eigenvalue weighted by molar-refractivity contribution is 0.403. The third-order valence-electron chi connectivity index (χ3n) is 6.41. The van der Waals surface area contributed by atoms with Crippen molar-refractivity contribution in [3.63, 3.8) is 0 Å². The lowest BCUT2D eigenvalue weighted by Gasteiger charge is -2.29. The SMILES string of the molecule is COc1ccc(OC)c(N2C(=S)NC(c3ccccn3)C2c2cc(C)n(-c3ccccn3)c2C)c1. The molecular formula is C27H27N5O2S. The van der Waals surface area contributed by atoms with Crippen LogP contribution < -0.4 is 19.7 Å². The third-order valence-corrected chi connectivity index (χ3v) is 6.73. The molecule has 1 aliphatic rings. The predicted octanol–water partition coefficient (Wildman–Crippen LogP) is 5.08. The summed E-state index contributed by atoms with van der Waals surface area (Å²) in [6, 6.07) is 19.5. The molecule has 178 valence electrons. The van der Waals surface area contributed by atoms with Crippen LogP contribution >= 0.6 is 12.2 Å². The Hall–Kier alpha value is -3.91. The Morgan fingerprint density at radius 2 is 1.69 bits per heavy atom. The number of anilines is 1. The summed E-state index contributed by atoms with van der Waals surface area (Å²) >= 11 is 5.91. The van der Waals surface area contributed by atoms with Gasteiger partial charge in [-0.25, -0.2) is 4.98 Å². The summed E-state index contributed by atoms with van der Waals surface area (Å²) in [4.78, 5) is 11.4. The van der Waals surface area contributed by atoms with E-state index in [1.807, 2.05) is 67.0 Å². The van der Waals surface area contributed by atoms with Crippen molar-refractivity contribution in [3.8, 4) is 17.3 Å². The summed E-state index contributed by atoms with van der Waals surface area (Å²) in [5.74, 6) is 2.31. The van der Waals surface area contributed by atoms with E-state index in [2.05, 4.69) is 44.7 Å². The lowest BCUT2D eigenvalue weighted by atomic mass is 9.96. The van der Waals surface area contributed by atoms with E-state index < -0.39 is 0 Å². The molecule has 1 aromatic carbocycles. The first-order chi connectivity index (χ1) is 17.0. The summed E-state index contributed by atoms with van der Waals surface area (Å²) < 4.78 is 13.5. The molecule has 0 amide bonds. The first-order valence-electron chi connectivity index (χ1n) is 11.4. The van der Waals surface area contributed by atoms with Crippen LogP contribution in [0.2, 0.25) is 0 Å². The van der Waals surface area contributed by atoms with Crippen molar-refractivity contribution in [1.29, 1.82) is 0 Å². The minimum atomic E-state index is -0.179. The van der Waals surface area contributed by atoms with E-state index in [0.29, 0.717) is 10.9 Å². The van der Waals surface area contributed by atoms with Crippen LogP contribution in [-0.4, -0.2) is 33.9 Å². The first kappa shape index (κ1) is 22.9. The van der Waals surface area contributed by atoms with E-state index in [1.165, 1.54) is 0 Å². The highest BCUT2D eigenvalue weighted by atomic mass is 32.1. The quantitative estimate of drug-likeness (QED) is 0.382. The normalized spacial score (nSPS) is 17.4. The summed E-state index contributed by atoms with van der Waals surface area (Å²) in [6.45, 7) is 4.22. The molecule has 0 aliphatic carbocycles. The fourth-order valence-corrected chi connectivity index (χ4v) is 5.18.